The maximum atomic E-state index is 10.8. The zero-order valence-corrected chi connectivity index (χ0v) is 10.0. The van der Waals surface area contributed by atoms with Crippen LogP contribution in [0.2, 0.25) is 0 Å². The van der Waals surface area contributed by atoms with Crippen LogP contribution < -0.4 is 5.73 Å². The van der Waals surface area contributed by atoms with Gasteiger partial charge in [-0.1, -0.05) is 6.42 Å². The second kappa shape index (κ2) is 5.33. The van der Waals surface area contributed by atoms with Gasteiger partial charge in [0.05, 0.1) is 10.5 Å². The van der Waals surface area contributed by atoms with Gasteiger partial charge in [-0.2, -0.15) is 0 Å². The van der Waals surface area contributed by atoms with Crippen LogP contribution in [0, 0.1) is 16.0 Å². The molecule has 0 spiro atoms. The highest BCUT2D eigenvalue weighted by atomic mass is 35.5. The van der Waals surface area contributed by atoms with Crippen molar-refractivity contribution < 1.29 is 10.0 Å². The Balaban J connectivity index is 0.00000144. The van der Waals surface area contributed by atoms with E-state index < -0.39 is 4.92 Å². The van der Waals surface area contributed by atoms with Crippen molar-refractivity contribution in [2.75, 3.05) is 0 Å². The van der Waals surface area contributed by atoms with Gasteiger partial charge in [-0.3, -0.25) is 10.1 Å². The van der Waals surface area contributed by atoms with E-state index in [1.54, 1.807) is 0 Å². The summed E-state index contributed by atoms with van der Waals surface area (Å²) in [5.41, 5.74) is 6.43. The van der Waals surface area contributed by atoms with Gasteiger partial charge in [-0.25, -0.2) is 0 Å². The molecule has 5 nitrogen and oxygen atoms in total. The minimum absolute atomic E-state index is 0. The Labute approximate surface area is 105 Å². The number of rotatable bonds is 3. The fourth-order valence-corrected chi connectivity index (χ4v) is 2.03. The van der Waals surface area contributed by atoms with Gasteiger partial charge in [0.1, 0.15) is 5.75 Å². The lowest BCUT2D eigenvalue weighted by molar-refractivity contribution is -0.385. The van der Waals surface area contributed by atoms with Gasteiger partial charge in [0.25, 0.3) is 5.69 Å². The van der Waals surface area contributed by atoms with E-state index in [4.69, 9.17) is 5.73 Å². The molecule has 3 N–H and O–H groups in total. The Kier molecular flexibility index (Phi) is 4.31. The molecule has 1 aromatic carbocycles. The predicted octanol–water partition coefficient (Wildman–Crippen LogP) is 2.52. The number of phenolic OH excluding ortho intramolecular Hbond substituents is 1. The molecule has 17 heavy (non-hydrogen) atoms. The number of aromatic hydroxyl groups is 1. The highest BCUT2D eigenvalue weighted by Crippen LogP contribution is 2.39. The highest BCUT2D eigenvalue weighted by molar-refractivity contribution is 5.85. The fourth-order valence-electron chi connectivity index (χ4n) is 2.03. The van der Waals surface area contributed by atoms with Crippen molar-refractivity contribution in [2.45, 2.75) is 25.3 Å². The quantitative estimate of drug-likeness (QED) is 0.644. The molecule has 0 saturated heterocycles. The number of hydrogen-bond acceptors (Lipinski definition) is 4. The van der Waals surface area contributed by atoms with Crippen LogP contribution in [-0.4, -0.2) is 10.0 Å². The maximum Gasteiger partial charge on any atom is 0.274 e. The van der Waals surface area contributed by atoms with Gasteiger partial charge >= 0.3 is 0 Å². The zero-order chi connectivity index (χ0) is 11.7. The molecule has 0 aromatic heterocycles. The maximum absolute atomic E-state index is 10.8. The van der Waals surface area contributed by atoms with Gasteiger partial charge < -0.3 is 10.8 Å². The standard InChI is InChI=1S/C11H14N2O3.ClH/c12-11(7-2-1-3-7)9-6-8(14)4-5-10(9)13(15)16;/h4-7,11,14H,1-3,12H2;1H/t11-;/m0./s1. The lowest BCUT2D eigenvalue weighted by Crippen LogP contribution is -2.27. The average molecular weight is 259 g/mol. The van der Waals surface area contributed by atoms with Gasteiger partial charge in [-0.05, 0) is 30.9 Å². The van der Waals surface area contributed by atoms with Crippen molar-refractivity contribution in [2.24, 2.45) is 11.7 Å². The number of nitrogens with two attached hydrogens (primary N) is 1. The summed E-state index contributed by atoms with van der Waals surface area (Å²) < 4.78 is 0. The normalized spacial score (nSPS) is 16.8. The van der Waals surface area contributed by atoms with Crippen LogP contribution in [0.4, 0.5) is 5.69 Å². The third kappa shape index (κ3) is 2.68. The third-order valence-electron chi connectivity index (χ3n) is 3.22. The van der Waals surface area contributed by atoms with Crippen molar-refractivity contribution in [3.8, 4) is 5.75 Å². The number of hydrogen-bond donors (Lipinski definition) is 2. The smallest absolute Gasteiger partial charge is 0.274 e. The minimum atomic E-state index is -0.451. The van der Waals surface area contributed by atoms with E-state index in [9.17, 15) is 15.2 Å². The number of nitro benzene ring substituents is 1. The third-order valence-corrected chi connectivity index (χ3v) is 3.22. The molecule has 2 rings (SSSR count). The Bertz CT molecular complexity index is 421. The van der Waals surface area contributed by atoms with Crippen LogP contribution in [-0.2, 0) is 0 Å². The summed E-state index contributed by atoms with van der Waals surface area (Å²) in [6.07, 6.45) is 3.15. The second-order valence-corrected chi connectivity index (χ2v) is 4.22. The lowest BCUT2D eigenvalue weighted by Gasteiger charge is -2.31. The van der Waals surface area contributed by atoms with E-state index in [1.165, 1.54) is 18.2 Å². The van der Waals surface area contributed by atoms with Crippen LogP contribution in [0.3, 0.4) is 0 Å². The van der Waals surface area contributed by atoms with Crippen LogP contribution in [0.1, 0.15) is 30.9 Å². The number of nitrogens with zero attached hydrogens (tertiary/aromatic N) is 1. The summed E-state index contributed by atoms with van der Waals surface area (Å²) in [6, 6.07) is 3.68. The van der Waals surface area contributed by atoms with Gasteiger partial charge in [0.2, 0.25) is 0 Å². The van der Waals surface area contributed by atoms with E-state index in [0.29, 0.717) is 11.5 Å². The molecule has 6 heteroatoms. The molecule has 1 aliphatic carbocycles. The fraction of sp³-hybridized carbons (Fsp3) is 0.455. The summed E-state index contributed by atoms with van der Waals surface area (Å²) in [5.74, 6) is 0.330. The first-order chi connectivity index (χ1) is 7.59. The first kappa shape index (κ1) is 13.7. The van der Waals surface area contributed by atoms with Crippen LogP contribution >= 0.6 is 12.4 Å². The average Bonchev–Trinajstić information content (AvgIpc) is 2.14. The zero-order valence-electron chi connectivity index (χ0n) is 9.20. The Hall–Kier alpha value is -1.33. The topological polar surface area (TPSA) is 89.4 Å². The SMILES string of the molecule is Cl.N[C@H](c1cc(O)ccc1[N+](=O)[O-])C1CCC1. The summed E-state index contributed by atoms with van der Waals surface area (Å²) >= 11 is 0. The molecular formula is C11H15ClN2O3. The van der Waals surface area contributed by atoms with Crippen molar-refractivity contribution in [3.05, 3.63) is 33.9 Å². The van der Waals surface area contributed by atoms with Gasteiger partial charge in [-0.15, -0.1) is 12.4 Å². The highest BCUT2D eigenvalue weighted by Gasteiger charge is 2.30. The van der Waals surface area contributed by atoms with Crippen molar-refractivity contribution >= 4 is 18.1 Å². The molecule has 1 aromatic rings. The summed E-state index contributed by atoms with van der Waals surface area (Å²) in [4.78, 5) is 10.4. The van der Waals surface area contributed by atoms with E-state index >= 15 is 0 Å². The van der Waals surface area contributed by atoms with Crippen LogP contribution in [0.15, 0.2) is 18.2 Å². The molecule has 0 unspecified atom stereocenters. The van der Waals surface area contributed by atoms with E-state index in [2.05, 4.69) is 0 Å². The molecule has 0 bridgehead atoms. The second-order valence-electron chi connectivity index (χ2n) is 4.22. The molecule has 0 radical (unpaired) electrons. The molecule has 94 valence electrons. The molecule has 1 aliphatic rings. The van der Waals surface area contributed by atoms with E-state index in [0.717, 1.165) is 19.3 Å². The lowest BCUT2D eigenvalue weighted by atomic mass is 9.77. The molecule has 1 saturated carbocycles. The van der Waals surface area contributed by atoms with E-state index in [-0.39, 0.29) is 29.9 Å². The largest absolute Gasteiger partial charge is 0.508 e. The number of phenols is 1. The predicted molar refractivity (Wildman–Crippen MR) is 66.3 cm³/mol. The van der Waals surface area contributed by atoms with E-state index in [1.807, 2.05) is 0 Å². The molecule has 0 heterocycles. The molecular weight excluding hydrogens is 244 g/mol. The van der Waals surface area contributed by atoms with Gasteiger partial charge in [0, 0.05) is 12.1 Å². The molecule has 0 aliphatic heterocycles. The summed E-state index contributed by atoms with van der Waals surface area (Å²) in [5, 5.41) is 20.2. The minimum Gasteiger partial charge on any atom is -0.508 e. The van der Waals surface area contributed by atoms with Crippen molar-refractivity contribution in [1.29, 1.82) is 0 Å². The number of halogens is 1. The summed E-state index contributed by atoms with van der Waals surface area (Å²) in [7, 11) is 0. The molecule has 0 amide bonds. The Morgan fingerprint density at radius 1 is 1.47 bits per heavy atom. The monoisotopic (exact) mass is 258 g/mol. The first-order valence-electron chi connectivity index (χ1n) is 5.32. The van der Waals surface area contributed by atoms with Crippen LogP contribution in [0.25, 0.3) is 0 Å². The van der Waals surface area contributed by atoms with Gasteiger partial charge in [0.15, 0.2) is 0 Å². The summed E-state index contributed by atoms with van der Waals surface area (Å²) in [6.45, 7) is 0. The van der Waals surface area contributed by atoms with Crippen LogP contribution in [0.5, 0.6) is 5.75 Å². The number of nitro groups is 1. The molecule has 1 fully saturated rings. The van der Waals surface area contributed by atoms with Crippen molar-refractivity contribution in [1.82, 2.24) is 0 Å². The van der Waals surface area contributed by atoms with Crippen molar-refractivity contribution in [3.63, 3.8) is 0 Å². The molecule has 1 atom stereocenters. The Morgan fingerprint density at radius 3 is 2.59 bits per heavy atom. The first-order valence-corrected chi connectivity index (χ1v) is 5.32. The number of benzene rings is 1. The Morgan fingerprint density at radius 2 is 2.12 bits per heavy atom.